The number of nitrogens with one attached hydrogen (secondary N) is 1. The summed E-state index contributed by atoms with van der Waals surface area (Å²) in [5.74, 6) is -0.158. The van der Waals surface area contributed by atoms with Crippen LogP contribution in [0.5, 0.6) is 0 Å². The molecular formula is C10H14N2O5. The van der Waals surface area contributed by atoms with Crippen LogP contribution in [-0.4, -0.2) is 37.2 Å². The summed E-state index contributed by atoms with van der Waals surface area (Å²) >= 11 is 0. The van der Waals surface area contributed by atoms with Gasteiger partial charge < -0.3 is 9.47 Å². The van der Waals surface area contributed by atoms with E-state index in [9.17, 15) is 14.4 Å². The zero-order valence-electron chi connectivity index (χ0n) is 9.69. The van der Waals surface area contributed by atoms with E-state index in [0.717, 1.165) is 20.6 Å². The topological polar surface area (TPSA) is 84.9 Å². The summed E-state index contributed by atoms with van der Waals surface area (Å²) in [6, 6.07) is 0. The molecule has 0 saturated carbocycles. The number of carbonyl (C=O) groups is 3. The summed E-state index contributed by atoms with van der Waals surface area (Å²) in [4.78, 5) is 34.1. The van der Waals surface area contributed by atoms with Crippen molar-refractivity contribution in [2.75, 3.05) is 14.2 Å². The monoisotopic (exact) mass is 242 g/mol. The van der Waals surface area contributed by atoms with E-state index in [2.05, 4.69) is 14.9 Å². The van der Waals surface area contributed by atoms with Crippen molar-refractivity contribution in [3.05, 3.63) is 11.8 Å². The number of ether oxygens (including phenoxy) is 2. The van der Waals surface area contributed by atoms with Crippen LogP contribution in [-0.2, 0) is 14.3 Å². The van der Waals surface area contributed by atoms with E-state index in [1.807, 2.05) is 0 Å². The number of hydrogen-bond acceptors (Lipinski definition) is 6. The van der Waals surface area contributed by atoms with E-state index in [0.29, 0.717) is 17.9 Å². The Labute approximate surface area is 98.3 Å². The first-order valence-electron chi connectivity index (χ1n) is 5.06. The van der Waals surface area contributed by atoms with Gasteiger partial charge in [0.2, 0.25) is 0 Å². The van der Waals surface area contributed by atoms with E-state index in [-0.39, 0.29) is 11.5 Å². The maximum atomic E-state index is 11.5. The second-order valence-corrected chi connectivity index (χ2v) is 3.32. The lowest BCUT2D eigenvalue weighted by Crippen LogP contribution is -2.48. The predicted octanol–water partition coefficient (Wildman–Crippen LogP) is 0.963. The Kier molecular flexibility index (Phi) is 4.50. The van der Waals surface area contributed by atoms with Crippen LogP contribution < -0.4 is 5.43 Å². The average Bonchev–Trinajstić information content (AvgIpc) is 2.36. The number of hydrogen-bond donors (Lipinski definition) is 1. The van der Waals surface area contributed by atoms with Crippen molar-refractivity contribution in [2.45, 2.75) is 19.3 Å². The van der Waals surface area contributed by atoms with Crippen LogP contribution in [0.2, 0.25) is 0 Å². The molecule has 1 aliphatic rings. The van der Waals surface area contributed by atoms with Gasteiger partial charge >= 0.3 is 12.2 Å². The lowest BCUT2D eigenvalue weighted by atomic mass is 10.0. The molecule has 0 aliphatic heterocycles. The molecule has 0 aromatic carbocycles. The number of methoxy groups -OCH3 is 2. The Morgan fingerprint density at radius 2 is 1.88 bits per heavy atom. The molecular weight excluding hydrogens is 228 g/mol. The summed E-state index contributed by atoms with van der Waals surface area (Å²) in [7, 11) is 2.24. The summed E-state index contributed by atoms with van der Waals surface area (Å²) in [5, 5.41) is 0.509. The SMILES string of the molecule is COC(=O)N(NC1=CCCCC1=O)C(=O)OC. The molecule has 0 heterocycles. The smallest absolute Gasteiger partial charge is 0.438 e. The minimum atomic E-state index is -0.948. The Bertz CT molecular complexity index is 348. The first-order chi connectivity index (χ1) is 8.10. The van der Waals surface area contributed by atoms with Gasteiger partial charge in [0.1, 0.15) is 0 Å². The molecule has 1 rings (SSSR count). The number of imide groups is 1. The van der Waals surface area contributed by atoms with E-state index in [1.54, 1.807) is 6.08 Å². The number of allylic oxidation sites excluding steroid dienone is 2. The van der Waals surface area contributed by atoms with Gasteiger partial charge in [-0.05, 0) is 12.8 Å². The number of ketones is 1. The highest BCUT2D eigenvalue weighted by molar-refractivity contribution is 5.96. The fourth-order valence-electron chi connectivity index (χ4n) is 1.33. The molecule has 0 fully saturated rings. The van der Waals surface area contributed by atoms with Gasteiger partial charge in [-0.3, -0.25) is 10.2 Å². The van der Waals surface area contributed by atoms with Gasteiger partial charge in [-0.2, -0.15) is 0 Å². The fraction of sp³-hybridized carbons (Fsp3) is 0.500. The van der Waals surface area contributed by atoms with Gasteiger partial charge in [0.15, 0.2) is 5.78 Å². The molecule has 0 radical (unpaired) electrons. The van der Waals surface area contributed by atoms with Crippen LogP contribution in [0.25, 0.3) is 0 Å². The number of hydrazine groups is 1. The molecule has 0 spiro atoms. The van der Waals surface area contributed by atoms with Crippen molar-refractivity contribution >= 4 is 18.0 Å². The van der Waals surface area contributed by atoms with Crippen LogP contribution in [0, 0.1) is 0 Å². The fourth-order valence-corrected chi connectivity index (χ4v) is 1.33. The van der Waals surface area contributed by atoms with Gasteiger partial charge in [-0.15, -0.1) is 5.01 Å². The van der Waals surface area contributed by atoms with Gasteiger partial charge in [0, 0.05) is 6.42 Å². The van der Waals surface area contributed by atoms with Crippen LogP contribution in [0.3, 0.4) is 0 Å². The lowest BCUT2D eigenvalue weighted by molar-refractivity contribution is -0.116. The van der Waals surface area contributed by atoms with Crippen molar-refractivity contribution in [3.63, 3.8) is 0 Å². The van der Waals surface area contributed by atoms with Crippen LogP contribution in [0.1, 0.15) is 19.3 Å². The molecule has 2 amide bonds. The third-order valence-electron chi connectivity index (χ3n) is 2.20. The van der Waals surface area contributed by atoms with Crippen molar-refractivity contribution in [2.24, 2.45) is 0 Å². The third kappa shape index (κ3) is 3.20. The maximum absolute atomic E-state index is 11.5. The molecule has 1 N–H and O–H groups in total. The zero-order chi connectivity index (χ0) is 12.8. The maximum Gasteiger partial charge on any atom is 0.438 e. The lowest BCUT2D eigenvalue weighted by Gasteiger charge is -2.22. The number of nitrogens with zero attached hydrogens (tertiary/aromatic N) is 1. The van der Waals surface area contributed by atoms with Crippen LogP contribution >= 0.6 is 0 Å². The average molecular weight is 242 g/mol. The van der Waals surface area contributed by atoms with Crippen molar-refractivity contribution in [1.82, 2.24) is 10.4 Å². The van der Waals surface area contributed by atoms with Gasteiger partial charge in [-0.25, -0.2) is 9.59 Å². The minimum absolute atomic E-state index is 0.158. The van der Waals surface area contributed by atoms with Crippen LogP contribution in [0.15, 0.2) is 11.8 Å². The molecule has 0 atom stereocenters. The number of amides is 2. The molecule has 0 aromatic rings. The molecule has 94 valence electrons. The normalized spacial score (nSPS) is 14.7. The molecule has 17 heavy (non-hydrogen) atoms. The molecule has 7 nitrogen and oxygen atoms in total. The first-order valence-corrected chi connectivity index (χ1v) is 5.06. The Morgan fingerprint density at radius 3 is 2.35 bits per heavy atom. The first kappa shape index (κ1) is 13.0. The van der Waals surface area contributed by atoms with Crippen molar-refractivity contribution in [1.29, 1.82) is 0 Å². The Hall–Kier alpha value is -2.05. The van der Waals surface area contributed by atoms with E-state index < -0.39 is 12.2 Å². The predicted molar refractivity (Wildman–Crippen MR) is 56.7 cm³/mol. The van der Waals surface area contributed by atoms with E-state index in [1.165, 1.54) is 0 Å². The van der Waals surface area contributed by atoms with Crippen molar-refractivity contribution < 1.29 is 23.9 Å². The Balaban J connectivity index is 2.79. The van der Waals surface area contributed by atoms with Gasteiger partial charge in [-0.1, -0.05) is 6.08 Å². The number of carbonyl (C=O) groups excluding carboxylic acids is 3. The quantitative estimate of drug-likeness (QED) is 0.726. The van der Waals surface area contributed by atoms with Gasteiger partial charge in [0.05, 0.1) is 19.9 Å². The number of rotatable bonds is 2. The highest BCUT2D eigenvalue weighted by Gasteiger charge is 2.26. The van der Waals surface area contributed by atoms with Gasteiger partial charge in [0.25, 0.3) is 0 Å². The molecule has 7 heteroatoms. The highest BCUT2D eigenvalue weighted by atomic mass is 16.6. The Morgan fingerprint density at radius 1 is 1.29 bits per heavy atom. The minimum Gasteiger partial charge on any atom is -0.451 e. The molecule has 0 aromatic heterocycles. The number of Topliss-reactive ketones (excluding diaryl/α,β-unsaturated/α-hetero) is 1. The third-order valence-corrected chi connectivity index (χ3v) is 2.20. The summed E-state index contributed by atoms with van der Waals surface area (Å²) in [6.45, 7) is 0. The second-order valence-electron chi connectivity index (χ2n) is 3.32. The molecule has 0 saturated heterocycles. The molecule has 1 aliphatic carbocycles. The molecule has 0 bridgehead atoms. The summed E-state index contributed by atoms with van der Waals surface area (Å²) in [5.41, 5.74) is 2.60. The standard InChI is InChI=1S/C10H14N2O5/c1-16-9(14)12(10(15)17-2)11-7-5-3-4-6-8(7)13/h5,11H,3-4,6H2,1-2H3. The largest absolute Gasteiger partial charge is 0.451 e. The van der Waals surface area contributed by atoms with Crippen molar-refractivity contribution in [3.8, 4) is 0 Å². The second kappa shape index (κ2) is 5.88. The van der Waals surface area contributed by atoms with Crippen LogP contribution in [0.4, 0.5) is 9.59 Å². The van der Waals surface area contributed by atoms with E-state index >= 15 is 0 Å². The highest BCUT2D eigenvalue weighted by Crippen LogP contribution is 2.12. The summed E-state index contributed by atoms with van der Waals surface area (Å²) in [6.07, 6.45) is 1.59. The van der Waals surface area contributed by atoms with E-state index in [4.69, 9.17) is 0 Å². The molecule has 0 unspecified atom stereocenters. The zero-order valence-corrected chi connectivity index (χ0v) is 9.69. The summed E-state index contributed by atoms with van der Waals surface area (Å²) < 4.78 is 8.79.